The van der Waals surface area contributed by atoms with Crippen molar-refractivity contribution in [3.8, 4) is 0 Å². The van der Waals surface area contributed by atoms with Gasteiger partial charge in [0.25, 0.3) is 22.4 Å². The minimum absolute atomic E-state index is 0.356. The van der Waals surface area contributed by atoms with Crippen LogP contribution in [0.4, 0.5) is 8.78 Å². The largest absolute Gasteiger partial charge is 0.398 e. The normalized spacial score (nSPS) is 15.7. The number of benzene rings is 4. The SMILES string of the molecule is CC(C)(C)[Si](OC(O)[C@@H](O)[C@](O)(O[Si](c1ccccc1)(c1ccccc1)C(C)(C)C)C(F)(F)C(=O)OS(C)(=O)=O)(c1ccccc1)c1ccccc1. The Bertz CT molecular complexity index is 1830. The Morgan fingerprint density at radius 1 is 0.635 bits per heavy atom. The first-order valence-corrected chi connectivity index (χ1v) is 22.2. The van der Waals surface area contributed by atoms with Crippen molar-refractivity contribution >= 4 is 53.5 Å². The van der Waals surface area contributed by atoms with Gasteiger partial charge in [-0.25, -0.2) is 4.79 Å². The first-order chi connectivity index (χ1) is 24.0. The molecule has 4 aromatic carbocycles. The van der Waals surface area contributed by atoms with Gasteiger partial charge < -0.3 is 28.4 Å². The van der Waals surface area contributed by atoms with Crippen LogP contribution in [0.5, 0.6) is 0 Å². The van der Waals surface area contributed by atoms with Crippen molar-refractivity contribution in [2.24, 2.45) is 0 Å². The molecule has 0 heterocycles. The zero-order valence-electron chi connectivity index (χ0n) is 30.2. The summed E-state index contributed by atoms with van der Waals surface area (Å²) in [7, 11) is -13.0. The molecule has 0 aliphatic rings. The van der Waals surface area contributed by atoms with E-state index in [0.717, 1.165) is 0 Å². The average Bonchev–Trinajstić information content (AvgIpc) is 3.08. The Balaban J connectivity index is 2.04. The topological polar surface area (TPSA) is 140 Å². The number of hydrogen-bond acceptors (Lipinski definition) is 9. The summed E-state index contributed by atoms with van der Waals surface area (Å²) in [6.45, 7) is 10.6. The van der Waals surface area contributed by atoms with E-state index in [1.165, 1.54) is 0 Å². The zero-order chi connectivity index (χ0) is 38.8. The highest BCUT2D eigenvalue weighted by Crippen LogP contribution is 2.46. The zero-order valence-corrected chi connectivity index (χ0v) is 33.0. The van der Waals surface area contributed by atoms with Gasteiger partial charge in [0.15, 0.2) is 12.4 Å². The molecule has 4 rings (SSSR count). The number of alkyl halides is 2. The summed E-state index contributed by atoms with van der Waals surface area (Å²) in [6, 6.07) is 33.9. The fraction of sp³-hybridized carbons (Fsp3) is 0.342. The maximum absolute atomic E-state index is 16.9. The lowest BCUT2D eigenvalue weighted by molar-refractivity contribution is -0.339. The Labute approximate surface area is 306 Å². The number of carbonyl (C=O) groups is 1. The van der Waals surface area contributed by atoms with Gasteiger partial charge in [-0.2, -0.15) is 17.2 Å². The molecule has 0 radical (unpaired) electrons. The third-order valence-electron chi connectivity index (χ3n) is 9.04. The predicted molar refractivity (Wildman–Crippen MR) is 200 cm³/mol. The van der Waals surface area contributed by atoms with Crippen molar-refractivity contribution in [3.63, 3.8) is 0 Å². The molecule has 0 fully saturated rings. The summed E-state index contributed by atoms with van der Waals surface area (Å²) >= 11 is 0. The number of rotatable bonds is 13. The van der Waals surface area contributed by atoms with Crippen LogP contribution in [-0.2, 0) is 27.9 Å². The minimum Gasteiger partial charge on any atom is -0.382 e. The molecule has 0 saturated carbocycles. The second-order valence-corrected chi connectivity index (χ2v) is 24.8. The molecule has 3 atom stereocenters. The second kappa shape index (κ2) is 15.0. The smallest absolute Gasteiger partial charge is 0.382 e. The molecular weight excluding hydrogens is 727 g/mol. The van der Waals surface area contributed by atoms with Crippen molar-refractivity contribution in [1.82, 2.24) is 0 Å². The molecule has 9 nitrogen and oxygen atoms in total. The fourth-order valence-corrected chi connectivity index (χ4v) is 16.2. The first kappa shape index (κ1) is 41.2. The van der Waals surface area contributed by atoms with E-state index < -0.39 is 66.9 Å². The van der Waals surface area contributed by atoms with Gasteiger partial charge >= 0.3 is 22.0 Å². The van der Waals surface area contributed by atoms with Crippen LogP contribution < -0.4 is 20.7 Å². The quantitative estimate of drug-likeness (QED) is 0.106. The summed E-state index contributed by atoms with van der Waals surface area (Å²) in [5, 5.41) is 36.3. The van der Waals surface area contributed by atoms with Crippen LogP contribution >= 0.6 is 0 Å². The van der Waals surface area contributed by atoms with E-state index in [1.807, 2.05) is 20.8 Å². The molecule has 0 bridgehead atoms. The van der Waals surface area contributed by atoms with Gasteiger partial charge in [-0.3, -0.25) is 0 Å². The molecular formula is C38H46F2O9SSi2. The van der Waals surface area contributed by atoms with Gasteiger partial charge in [0.2, 0.25) is 0 Å². The molecule has 0 spiro atoms. The average molecular weight is 773 g/mol. The molecule has 52 heavy (non-hydrogen) atoms. The van der Waals surface area contributed by atoms with Gasteiger partial charge in [0.05, 0.1) is 6.26 Å². The van der Waals surface area contributed by atoms with Crippen LogP contribution in [0.2, 0.25) is 10.1 Å². The van der Waals surface area contributed by atoms with Crippen molar-refractivity contribution < 1.29 is 50.3 Å². The Morgan fingerprint density at radius 3 is 1.23 bits per heavy atom. The highest BCUT2D eigenvalue weighted by atomic mass is 32.2. The molecule has 1 unspecified atom stereocenters. The first-order valence-electron chi connectivity index (χ1n) is 16.5. The van der Waals surface area contributed by atoms with E-state index in [2.05, 4.69) is 4.18 Å². The van der Waals surface area contributed by atoms with E-state index in [9.17, 15) is 28.5 Å². The Morgan fingerprint density at radius 2 is 0.942 bits per heavy atom. The summed E-state index contributed by atoms with van der Waals surface area (Å²) < 4.78 is 74.7. The van der Waals surface area contributed by atoms with Crippen LogP contribution in [0.1, 0.15) is 41.5 Å². The minimum atomic E-state index is -5.32. The number of aliphatic hydroxyl groups is 3. The van der Waals surface area contributed by atoms with Crippen LogP contribution in [0.15, 0.2) is 121 Å². The second-order valence-electron chi connectivity index (χ2n) is 14.7. The van der Waals surface area contributed by atoms with Crippen molar-refractivity contribution in [1.29, 1.82) is 0 Å². The molecule has 0 aliphatic carbocycles. The van der Waals surface area contributed by atoms with Gasteiger partial charge in [-0.1, -0.05) is 163 Å². The summed E-state index contributed by atoms with van der Waals surface area (Å²) in [6.07, 6.45) is -5.37. The number of halogens is 2. The van der Waals surface area contributed by atoms with E-state index >= 15 is 8.78 Å². The highest BCUT2D eigenvalue weighted by Gasteiger charge is 2.72. The predicted octanol–water partition coefficient (Wildman–Crippen LogP) is 3.65. The molecule has 280 valence electrons. The fourth-order valence-electron chi connectivity index (χ4n) is 6.66. The maximum atomic E-state index is 16.9. The molecule has 0 aromatic heterocycles. The summed E-state index contributed by atoms with van der Waals surface area (Å²) in [5.74, 6) is -12.4. The van der Waals surface area contributed by atoms with Crippen molar-refractivity contribution in [3.05, 3.63) is 121 Å². The van der Waals surface area contributed by atoms with Crippen molar-refractivity contribution in [2.45, 2.75) is 75.7 Å². The summed E-state index contributed by atoms with van der Waals surface area (Å²) in [4.78, 5) is 13.1. The number of aliphatic hydroxyl groups excluding tert-OH is 2. The third kappa shape index (κ3) is 7.70. The standard InChI is InChI=1S/C38H46F2O9SSi2/c1-35(2,3)51(28-20-12-8-13-21-28,29-22-14-9-15-23-29)48-33(42)32(41)38(44,37(39,40)34(43)47-50(7,45)46)49-52(36(4,5)6,30-24-16-10-17-25-30)31-26-18-11-19-27-31/h8-27,32-33,41-42,44H,1-7H3/t32-,33?,38+/m1/s1. The molecule has 0 aliphatic heterocycles. The third-order valence-corrected chi connectivity index (χ3v) is 19.5. The van der Waals surface area contributed by atoms with Crippen molar-refractivity contribution in [2.75, 3.05) is 6.26 Å². The van der Waals surface area contributed by atoms with Gasteiger partial charge in [-0.05, 0) is 30.8 Å². The van der Waals surface area contributed by atoms with Crippen LogP contribution in [0.3, 0.4) is 0 Å². The van der Waals surface area contributed by atoms with Gasteiger partial charge in [0.1, 0.15) is 0 Å². The number of carbonyl (C=O) groups excluding carboxylic acids is 1. The Kier molecular flexibility index (Phi) is 11.9. The van der Waals surface area contributed by atoms with E-state index in [1.54, 1.807) is 142 Å². The van der Waals surface area contributed by atoms with Gasteiger partial charge in [0, 0.05) is 0 Å². The molecule has 4 aromatic rings. The van der Waals surface area contributed by atoms with E-state index in [0.29, 0.717) is 27.0 Å². The molecule has 14 heteroatoms. The van der Waals surface area contributed by atoms with Crippen LogP contribution in [-0.4, -0.2) is 76.7 Å². The Hall–Kier alpha value is -3.61. The molecule has 3 N–H and O–H groups in total. The molecule has 0 amide bonds. The van der Waals surface area contributed by atoms with E-state index in [4.69, 9.17) is 8.85 Å². The summed E-state index contributed by atoms with van der Waals surface area (Å²) in [5.41, 5.74) is 0. The lowest BCUT2D eigenvalue weighted by Crippen LogP contribution is -2.77. The monoisotopic (exact) mass is 772 g/mol. The molecule has 0 saturated heterocycles. The lowest BCUT2D eigenvalue weighted by atomic mass is 10.0. The van der Waals surface area contributed by atoms with Gasteiger partial charge in [-0.15, -0.1) is 0 Å². The van der Waals surface area contributed by atoms with Crippen LogP contribution in [0, 0.1) is 0 Å². The number of hydrogen-bond donors (Lipinski definition) is 3. The van der Waals surface area contributed by atoms with Crippen LogP contribution in [0.25, 0.3) is 0 Å². The highest BCUT2D eigenvalue weighted by molar-refractivity contribution is 7.86. The van der Waals surface area contributed by atoms with E-state index in [-0.39, 0.29) is 0 Å². The lowest BCUT2D eigenvalue weighted by Gasteiger charge is -2.51. The maximum Gasteiger partial charge on any atom is 0.398 e.